The SMILES string of the molecule is CCCCCCCCCCCOc1ccc(-c2ccc(C(=O)Oc3ccc(CCCCCCC)c(F)c3F)cc2)cc1. The lowest BCUT2D eigenvalue weighted by Crippen LogP contribution is -2.10. The molecule has 0 spiro atoms. The maximum absolute atomic E-state index is 14.6. The summed E-state index contributed by atoms with van der Waals surface area (Å²) in [6.07, 6.45) is 17.2. The molecular weight excluding hydrogens is 530 g/mol. The summed E-state index contributed by atoms with van der Waals surface area (Å²) < 4.78 is 40.3. The topological polar surface area (TPSA) is 35.5 Å². The van der Waals surface area contributed by atoms with E-state index in [1.807, 2.05) is 36.4 Å². The summed E-state index contributed by atoms with van der Waals surface area (Å²) in [7, 11) is 0. The first kappa shape index (κ1) is 33.3. The summed E-state index contributed by atoms with van der Waals surface area (Å²) in [6, 6.07) is 17.6. The number of hydrogen-bond acceptors (Lipinski definition) is 3. The van der Waals surface area contributed by atoms with Gasteiger partial charge in [-0.15, -0.1) is 0 Å². The van der Waals surface area contributed by atoms with E-state index in [1.165, 1.54) is 63.5 Å². The number of esters is 1. The van der Waals surface area contributed by atoms with Gasteiger partial charge in [-0.05, 0) is 66.3 Å². The van der Waals surface area contributed by atoms with Crippen LogP contribution in [0.4, 0.5) is 8.78 Å². The van der Waals surface area contributed by atoms with Gasteiger partial charge in [-0.3, -0.25) is 0 Å². The third-order valence-electron chi connectivity index (χ3n) is 7.70. The molecule has 0 aliphatic carbocycles. The molecule has 0 fully saturated rings. The maximum Gasteiger partial charge on any atom is 0.343 e. The highest BCUT2D eigenvalue weighted by atomic mass is 19.2. The number of carbonyl (C=O) groups excluding carboxylic acids is 1. The molecule has 0 aromatic heterocycles. The van der Waals surface area contributed by atoms with Gasteiger partial charge in [0, 0.05) is 0 Å². The van der Waals surface area contributed by atoms with Gasteiger partial charge in [0.2, 0.25) is 5.82 Å². The highest BCUT2D eigenvalue weighted by Crippen LogP contribution is 2.27. The molecule has 0 radical (unpaired) electrons. The Morgan fingerprint density at radius 3 is 1.71 bits per heavy atom. The Morgan fingerprint density at radius 1 is 0.595 bits per heavy atom. The molecule has 0 saturated heterocycles. The Hall–Kier alpha value is -3.21. The monoisotopic (exact) mass is 578 g/mol. The molecule has 0 aliphatic heterocycles. The summed E-state index contributed by atoms with van der Waals surface area (Å²) in [5.41, 5.74) is 2.49. The molecule has 0 N–H and O–H groups in total. The van der Waals surface area contributed by atoms with E-state index in [4.69, 9.17) is 9.47 Å². The van der Waals surface area contributed by atoms with Crippen molar-refractivity contribution in [2.24, 2.45) is 0 Å². The number of rotatable bonds is 20. The molecule has 228 valence electrons. The van der Waals surface area contributed by atoms with Crippen LogP contribution in [0.3, 0.4) is 0 Å². The van der Waals surface area contributed by atoms with Gasteiger partial charge < -0.3 is 9.47 Å². The normalized spacial score (nSPS) is 11.0. The predicted molar refractivity (Wildman–Crippen MR) is 168 cm³/mol. The van der Waals surface area contributed by atoms with Crippen molar-refractivity contribution in [2.75, 3.05) is 6.61 Å². The van der Waals surface area contributed by atoms with Crippen molar-refractivity contribution in [1.29, 1.82) is 0 Å². The van der Waals surface area contributed by atoms with E-state index in [-0.39, 0.29) is 5.56 Å². The number of ether oxygens (including phenoxy) is 2. The van der Waals surface area contributed by atoms with Crippen LogP contribution in [0.25, 0.3) is 11.1 Å². The van der Waals surface area contributed by atoms with E-state index in [1.54, 1.807) is 12.1 Å². The molecule has 3 nitrogen and oxygen atoms in total. The standard InChI is InChI=1S/C37H48F2O3/c1-3-5-7-9-10-11-12-14-16-28-41-33-25-22-30(23-26-33)29-18-20-32(21-19-29)37(40)42-34-27-24-31(35(38)36(34)39)17-15-13-8-6-4-2/h18-27H,3-17,28H2,1-2H3. The molecule has 3 aromatic rings. The lowest BCUT2D eigenvalue weighted by atomic mass is 10.0. The van der Waals surface area contributed by atoms with Crippen LogP contribution in [-0.2, 0) is 6.42 Å². The fourth-order valence-corrected chi connectivity index (χ4v) is 5.07. The predicted octanol–water partition coefficient (Wildman–Crippen LogP) is 11.3. The minimum absolute atomic E-state index is 0.263. The Kier molecular flexibility index (Phi) is 15.1. The van der Waals surface area contributed by atoms with E-state index in [9.17, 15) is 13.6 Å². The first-order valence-corrected chi connectivity index (χ1v) is 16.1. The second-order valence-electron chi connectivity index (χ2n) is 11.2. The summed E-state index contributed by atoms with van der Waals surface area (Å²) in [4.78, 5) is 12.6. The van der Waals surface area contributed by atoms with E-state index < -0.39 is 23.4 Å². The van der Waals surface area contributed by atoms with Gasteiger partial charge in [-0.1, -0.05) is 121 Å². The largest absolute Gasteiger partial charge is 0.494 e. The van der Waals surface area contributed by atoms with Crippen molar-refractivity contribution in [2.45, 2.75) is 110 Å². The van der Waals surface area contributed by atoms with Gasteiger partial charge in [0.05, 0.1) is 12.2 Å². The summed E-state index contributed by atoms with van der Waals surface area (Å²) in [5.74, 6) is -2.34. The third-order valence-corrected chi connectivity index (χ3v) is 7.70. The molecule has 0 bridgehead atoms. The second-order valence-corrected chi connectivity index (χ2v) is 11.2. The fraction of sp³-hybridized carbons (Fsp3) is 0.486. The second kappa shape index (κ2) is 19.1. The minimum atomic E-state index is -1.12. The number of halogens is 2. The van der Waals surface area contributed by atoms with E-state index in [2.05, 4.69) is 13.8 Å². The molecule has 0 amide bonds. The van der Waals surface area contributed by atoms with Crippen molar-refractivity contribution in [3.63, 3.8) is 0 Å². The Morgan fingerprint density at radius 2 is 1.12 bits per heavy atom. The molecular formula is C37H48F2O3. The van der Waals surface area contributed by atoms with Crippen molar-refractivity contribution in [1.82, 2.24) is 0 Å². The quantitative estimate of drug-likeness (QED) is 0.0760. The van der Waals surface area contributed by atoms with Crippen molar-refractivity contribution in [3.05, 3.63) is 83.4 Å². The molecule has 0 saturated carbocycles. The van der Waals surface area contributed by atoms with Crippen LogP contribution in [-0.4, -0.2) is 12.6 Å². The van der Waals surface area contributed by atoms with Crippen LogP contribution in [0.15, 0.2) is 60.7 Å². The zero-order valence-corrected chi connectivity index (χ0v) is 25.6. The van der Waals surface area contributed by atoms with Gasteiger partial charge in [-0.2, -0.15) is 4.39 Å². The fourth-order valence-electron chi connectivity index (χ4n) is 5.07. The highest BCUT2D eigenvalue weighted by Gasteiger charge is 2.18. The van der Waals surface area contributed by atoms with E-state index in [0.717, 1.165) is 62.0 Å². The van der Waals surface area contributed by atoms with E-state index >= 15 is 0 Å². The Balaban J connectivity index is 1.43. The maximum atomic E-state index is 14.6. The van der Waals surface area contributed by atoms with E-state index in [0.29, 0.717) is 12.0 Å². The average molecular weight is 579 g/mol. The number of aryl methyl sites for hydroxylation is 1. The molecule has 0 unspecified atom stereocenters. The number of carbonyl (C=O) groups is 1. The summed E-state index contributed by atoms with van der Waals surface area (Å²) >= 11 is 0. The van der Waals surface area contributed by atoms with Gasteiger partial charge in [-0.25, -0.2) is 9.18 Å². The number of unbranched alkanes of at least 4 members (excludes halogenated alkanes) is 12. The van der Waals surface area contributed by atoms with Crippen molar-refractivity contribution in [3.8, 4) is 22.6 Å². The van der Waals surface area contributed by atoms with Crippen molar-refractivity contribution < 1.29 is 23.0 Å². The number of hydrogen-bond donors (Lipinski definition) is 0. The van der Waals surface area contributed by atoms with Crippen LogP contribution >= 0.6 is 0 Å². The Labute approximate surface area is 251 Å². The molecule has 0 atom stereocenters. The molecule has 3 aromatic carbocycles. The molecule has 0 aliphatic rings. The molecule has 5 heteroatoms. The minimum Gasteiger partial charge on any atom is -0.494 e. The zero-order chi connectivity index (χ0) is 30.0. The molecule has 42 heavy (non-hydrogen) atoms. The van der Waals surface area contributed by atoms with Crippen molar-refractivity contribution >= 4 is 5.97 Å². The first-order chi connectivity index (χ1) is 20.5. The van der Waals surface area contributed by atoms with Crippen LogP contribution in [0.5, 0.6) is 11.5 Å². The van der Waals surface area contributed by atoms with Gasteiger partial charge in [0.1, 0.15) is 5.75 Å². The lowest BCUT2D eigenvalue weighted by molar-refractivity contribution is 0.0726. The zero-order valence-electron chi connectivity index (χ0n) is 25.6. The number of benzene rings is 3. The summed E-state index contributed by atoms with van der Waals surface area (Å²) in [6.45, 7) is 5.11. The van der Waals surface area contributed by atoms with Crippen LogP contribution in [0.2, 0.25) is 0 Å². The molecule has 3 rings (SSSR count). The van der Waals surface area contributed by atoms with Gasteiger partial charge in [0.25, 0.3) is 0 Å². The Bertz CT molecular complexity index is 1190. The average Bonchev–Trinajstić information content (AvgIpc) is 3.01. The van der Waals surface area contributed by atoms with Gasteiger partial charge in [0.15, 0.2) is 11.6 Å². The third kappa shape index (κ3) is 11.2. The van der Waals surface area contributed by atoms with Crippen LogP contribution < -0.4 is 9.47 Å². The van der Waals surface area contributed by atoms with Crippen LogP contribution in [0.1, 0.15) is 120 Å². The van der Waals surface area contributed by atoms with Crippen LogP contribution in [0, 0.1) is 11.6 Å². The highest BCUT2D eigenvalue weighted by molar-refractivity contribution is 5.91. The molecule has 0 heterocycles. The first-order valence-electron chi connectivity index (χ1n) is 16.1. The summed E-state index contributed by atoms with van der Waals surface area (Å²) in [5, 5.41) is 0. The smallest absolute Gasteiger partial charge is 0.343 e. The lowest BCUT2D eigenvalue weighted by Gasteiger charge is -2.10. The van der Waals surface area contributed by atoms with Gasteiger partial charge >= 0.3 is 5.97 Å².